The Balaban J connectivity index is 1.28. The summed E-state index contributed by atoms with van der Waals surface area (Å²) in [6, 6.07) is 16.8. The Hall–Kier alpha value is -3.78. The van der Waals surface area contributed by atoms with Gasteiger partial charge in [-0.1, -0.05) is 42.5 Å². The fourth-order valence-corrected chi connectivity index (χ4v) is 6.05. The van der Waals surface area contributed by atoms with E-state index in [2.05, 4.69) is 93.2 Å². The van der Waals surface area contributed by atoms with Gasteiger partial charge in [-0.2, -0.15) is 9.97 Å². The SMILES string of the molecule is COCCN=C=NC1CCN(c2nc(OC[C@@H]3C=CCN3C)nc3c2CCN(c2cccc4cccc(C)c24)C3)C1. The molecule has 3 aliphatic heterocycles. The van der Waals surface area contributed by atoms with E-state index < -0.39 is 0 Å². The van der Waals surface area contributed by atoms with Gasteiger partial charge in [-0.15, -0.1) is 0 Å². The van der Waals surface area contributed by atoms with Crippen LogP contribution in [0.3, 0.4) is 0 Å². The fraction of sp³-hybridized carbons (Fsp3) is 0.469. The van der Waals surface area contributed by atoms with Crippen LogP contribution in [0.15, 0.2) is 58.5 Å². The Morgan fingerprint density at radius 1 is 1.10 bits per heavy atom. The molecule has 0 amide bonds. The lowest BCUT2D eigenvalue weighted by atomic mass is 10.00. The summed E-state index contributed by atoms with van der Waals surface area (Å²) in [4.78, 5) is 25.9. The Kier molecular flexibility index (Phi) is 8.28. The molecule has 1 saturated heterocycles. The van der Waals surface area contributed by atoms with Gasteiger partial charge in [0.1, 0.15) is 12.4 Å². The van der Waals surface area contributed by atoms with Gasteiger partial charge in [0.05, 0.1) is 43.5 Å². The third-order valence-electron chi connectivity index (χ3n) is 8.34. The number of hydrogen-bond donors (Lipinski definition) is 0. The van der Waals surface area contributed by atoms with Crippen molar-refractivity contribution in [2.75, 3.05) is 69.9 Å². The maximum absolute atomic E-state index is 6.26. The molecule has 3 aromatic rings. The van der Waals surface area contributed by atoms with Crippen molar-refractivity contribution in [1.82, 2.24) is 14.9 Å². The van der Waals surface area contributed by atoms with Crippen molar-refractivity contribution in [2.24, 2.45) is 9.98 Å². The molecule has 41 heavy (non-hydrogen) atoms. The van der Waals surface area contributed by atoms with Crippen molar-refractivity contribution in [3.8, 4) is 6.01 Å². The van der Waals surface area contributed by atoms with Crippen LogP contribution in [0.5, 0.6) is 6.01 Å². The number of methoxy groups -OCH3 is 1. The number of likely N-dealkylation sites (N-methyl/N-ethyl adjacent to an activating group) is 1. The number of aliphatic imine (C=N–C) groups is 2. The van der Waals surface area contributed by atoms with Crippen LogP contribution in [0, 0.1) is 6.92 Å². The number of benzene rings is 2. The molecule has 2 atom stereocenters. The second-order valence-electron chi connectivity index (χ2n) is 11.1. The van der Waals surface area contributed by atoms with Gasteiger partial charge in [0.15, 0.2) is 0 Å². The van der Waals surface area contributed by atoms with Crippen LogP contribution in [0.2, 0.25) is 0 Å². The van der Waals surface area contributed by atoms with E-state index in [1.165, 1.54) is 27.6 Å². The van der Waals surface area contributed by atoms with Gasteiger partial charge < -0.3 is 19.3 Å². The zero-order valence-electron chi connectivity index (χ0n) is 24.3. The Bertz CT molecular complexity index is 1480. The van der Waals surface area contributed by atoms with Crippen molar-refractivity contribution < 1.29 is 9.47 Å². The Morgan fingerprint density at radius 2 is 1.98 bits per heavy atom. The maximum atomic E-state index is 6.26. The first-order valence-electron chi connectivity index (χ1n) is 14.6. The van der Waals surface area contributed by atoms with Crippen molar-refractivity contribution >= 4 is 28.3 Å². The third-order valence-corrected chi connectivity index (χ3v) is 8.34. The number of ether oxygens (including phenoxy) is 2. The van der Waals surface area contributed by atoms with Crippen LogP contribution in [0.25, 0.3) is 10.8 Å². The molecule has 9 heteroatoms. The van der Waals surface area contributed by atoms with Gasteiger partial charge in [0.25, 0.3) is 0 Å². The summed E-state index contributed by atoms with van der Waals surface area (Å²) in [5.74, 6) is 0.989. The number of aromatic nitrogens is 2. The number of nitrogens with zero attached hydrogens (tertiary/aromatic N) is 7. The van der Waals surface area contributed by atoms with Crippen molar-refractivity contribution in [2.45, 2.75) is 38.4 Å². The molecule has 3 aliphatic rings. The smallest absolute Gasteiger partial charge is 0.318 e. The first kappa shape index (κ1) is 27.4. The second kappa shape index (κ2) is 12.4. The van der Waals surface area contributed by atoms with Crippen LogP contribution in [0.4, 0.5) is 11.5 Å². The molecule has 1 unspecified atom stereocenters. The van der Waals surface area contributed by atoms with Gasteiger partial charge in [-0.25, -0.2) is 9.98 Å². The number of hydrogen-bond acceptors (Lipinski definition) is 9. The summed E-state index contributed by atoms with van der Waals surface area (Å²) in [5.41, 5.74) is 4.82. The molecule has 0 bridgehead atoms. The third kappa shape index (κ3) is 5.98. The lowest BCUT2D eigenvalue weighted by molar-refractivity contribution is 0.203. The lowest BCUT2D eigenvalue weighted by Crippen LogP contribution is -2.35. The van der Waals surface area contributed by atoms with Gasteiger partial charge in [0.2, 0.25) is 0 Å². The molecule has 6 rings (SSSR count). The fourth-order valence-electron chi connectivity index (χ4n) is 6.05. The average Bonchev–Trinajstić information content (AvgIpc) is 3.64. The highest BCUT2D eigenvalue weighted by Crippen LogP contribution is 2.36. The van der Waals surface area contributed by atoms with Crippen molar-refractivity contribution in [3.05, 3.63) is 65.4 Å². The lowest BCUT2D eigenvalue weighted by Gasteiger charge is -2.33. The topological polar surface area (TPSA) is 78.7 Å². The van der Waals surface area contributed by atoms with Crippen LogP contribution >= 0.6 is 0 Å². The Morgan fingerprint density at radius 3 is 2.80 bits per heavy atom. The molecule has 1 aromatic heterocycles. The molecule has 214 valence electrons. The highest BCUT2D eigenvalue weighted by atomic mass is 16.5. The molecule has 0 spiro atoms. The van der Waals surface area contributed by atoms with E-state index >= 15 is 0 Å². The number of anilines is 2. The second-order valence-corrected chi connectivity index (χ2v) is 11.1. The van der Waals surface area contributed by atoms with E-state index in [9.17, 15) is 0 Å². The molecule has 9 nitrogen and oxygen atoms in total. The molecule has 0 saturated carbocycles. The number of rotatable bonds is 9. The van der Waals surface area contributed by atoms with Crippen LogP contribution in [0.1, 0.15) is 23.2 Å². The van der Waals surface area contributed by atoms with Crippen LogP contribution in [-0.2, 0) is 17.7 Å². The van der Waals surface area contributed by atoms with Crippen molar-refractivity contribution in [1.29, 1.82) is 0 Å². The summed E-state index contributed by atoms with van der Waals surface area (Å²) in [5, 5.41) is 2.58. The molecule has 1 fully saturated rings. The average molecular weight is 554 g/mol. The van der Waals surface area contributed by atoms with E-state index in [1.54, 1.807) is 7.11 Å². The van der Waals surface area contributed by atoms with Crippen LogP contribution in [-0.4, -0.2) is 93.1 Å². The predicted octanol–water partition coefficient (Wildman–Crippen LogP) is 4.15. The normalized spacial score (nSPS) is 20.4. The summed E-state index contributed by atoms with van der Waals surface area (Å²) >= 11 is 0. The number of aryl methyl sites for hydroxylation is 1. The van der Waals surface area contributed by atoms with Crippen LogP contribution < -0.4 is 14.5 Å². The minimum atomic E-state index is 0.146. The van der Waals surface area contributed by atoms with E-state index in [0.717, 1.165) is 57.1 Å². The standard InChI is InChI=1S/C32H39N7O2/c1-23-7-4-8-24-9-5-11-29(30(23)24)38-17-13-27-28(20-38)35-32(41-21-26-10-6-15-37(26)2)36-31(27)39-16-12-25(19-39)34-22-33-14-18-40-3/h4-11,25-26H,12-21H2,1-3H3/t25?,26-/m0/s1. The van der Waals surface area contributed by atoms with Gasteiger partial charge in [0, 0.05) is 49.9 Å². The molecular formula is C32H39N7O2. The quantitative estimate of drug-likeness (QED) is 0.224. The first-order valence-corrected chi connectivity index (χ1v) is 14.6. The van der Waals surface area contributed by atoms with E-state index in [0.29, 0.717) is 25.8 Å². The monoisotopic (exact) mass is 553 g/mol. The van der Waals surface area contributed by atoms with Gasteiger partial charge in [-0.3, -0.25) is 4.90 Å². The highest BCUT2D eigenvalue weighted by Gasteiger charge is 2.30. The first-order chi connectivity index (χ1) is 20.1. The molecule has 4 heterocycles. The summed E-state index contributed by atoms with van der Waals surface area (Å²) < 4.78 is 11.3. The van der Waals surface area contributed by atoms with E-state index in [-0.39, 0.29) is 12.1 Å². The molecule has 0 radical (unpaired) electrons. The predicted molar refractivity (Wildman–Crippen MR) is 164 cm³/mol. The summed E-state index contributed by atoms with van der Waals surface area (Å²) in [6.45, 7) is 8.13. The van der Waals surface area contributed by atoms with Gasteiger partial charge in [-0.05, 0) is 43.8 Å². The van der Waals surface area contributed by atoms with Gasteiger partial charge >= 0.3 is 6.01 Å². The maximum Gasteiger partial charge on any atom is 0.318 e. The summed E-state index contributed by atoms with van der Waals surface area (Å²) in [6.07, 6.45) is 6.20. The molecule has 0 N–H and O–H groups in total. The zero-order valence-corrected chi connectivity index (χ0v) is 24.3. The van der Waals surface area contributed by atoms with E-state index in [1.807, 2.05) is 0 Å². The minimum absolute atomic E-state index is 0.146. The molecule has 0 aliphatic carbocycles. The van der Waals surface area contributed by atoms with E-state index in [4.69, 9.17) is 19.4 Å². The summed E-state index contributed by atoms with van der Waals surface area (Å²) in [7, 11) is 3.79. The zero-order chi connectivity index (χ0) is 28.2. The highest BCUT2D eigenvalue weighted by molar-refractivity contribution is 5.97. The minimum Gasteiger partial charge on any atom is -0.461 e. The molecular weight excluding hydrogens is 514 g/mol. The number of fused-ring (bicyclic) bond motifs is 2. The Labute approximate surface area is 242 Å². The van der Waals surface area contributed by atoms with Crippen molar-refractivity contribution in [3.63, 3.8) is 0 Å². The largest absolute Gasteiger partial charge is 0.461 e. The molecule has 2 aromatic carbocycles.